The number of esters is 1. The fraction of sp³-hybridized carbons (Fsp3) is 0.607. The van der Waals surface area contributed by atoms with E-state index in [4.69, 9.17) is 9.47 Å². The molecule has 12 heteroatoms. The Morgan fingerprint density at radius 3 is 2.30 bits per heavy atom. The summed E-state index contributed by atoms with van der Waals surface area (Å²) >= 11 is 0. The van der Waals surface area contributed by atoms with Crippen molar-refractivity contribution in [3.05, 3.63) is 52.3 Å². The number of anilines is 1. The van der Waals surface area contributed by atoms with Gasteiger partial charge in [0.2, 0.25) is 0 Å². The average molecular weight is 561 g/mol. The van der Waals surface area contributed by atoms with E-state index in [2.05, 4.69) is 22.2 Å². The van der Waals surface area contributed by atoms with E-state index in [0.29, 0.717) is 0 Å². The van der Waals surface area contributed by atoms with Crippen LogP contribution in [0, 0.1) is 0 Å². The lowest BCUT2D eigenvalue weighted by Gasteiger charge is -2.17. The molecular weight excluding hydrogens is 520 g/mol. The van der Waals surface area contributed by atoms with E-state index in [1.165, 1.54) is 75.7 Å². The highest BCUT2D eigenvalue weighted by atomic mass is 16.6. The highest BCUT2D eigenvalue weighted by Gasteiger charge is 2.43. The summed E-state index contributed by atoms with van der Waals surface area (Å²) in [5.41, 5.74) is -0.862. The minimum Gasteiger partial charge on any atom is -0.462 e. The van der Waals surface area contributed by atoms with E-state index >= 15 is 0 Å². The van der Waals surface area contributed by atoms with Gasteiger partial charge in [0.15, 0.2) is 6.23 Å². The number of pyridine rings is 1. The zero-order valence-corrected chi connectivity index (χ0v) is 22.9. The van der Waals surface area contributed by atoms with Gasteiger partial charge in [0.05, 0.1) is 24.3 Å². The van der Waals surface area contributed by atoms with Crippen molar-refractivity contribution < 1.29 is 34.4 Å². The number of ether oxygens (including phenoxy) is 2. The summed E-state index contributed by atoms with van der Waals surface area (Å²) in [6.07, 6.45) is 10.3. The third kappa shape index (κ3) is 8.65. The average Bonchev–Trinajstić information content (AvgIpc) is 3.24. The number of hydrogen-bond acceptors (Lipinski definition) is 10. The molecule has 40 heavy (non-hydrogen) atoms. The number of hydrogen-bond donors (Lipinski definition) is 4. The second kappa shape index (κ2) is 16.2. The molecule has 1 aliphatic heterocycles. The number of carbonyl (C=O) groups is 2. The first-order valence-corrected chi connectivity index (χ1v) is 14.0. The van der Waals surface area contributed by atoms with E-state index in [1.807, 2.05) is 0 Å². The Hall–Kier alpha value is -3.19. The normalized spacial score (nSPS) is 20.4. The molecular formula is C28H40N4O8. The summed E-state index contributed by atoms with van der Waals surface area (Å²) in [7, 11) is 0. The zero-order valence-electron chi connectivity index (χ0n) is 22.9. The van der Waals surface area contributed by atoms with Crippen LogP contribution < -0.4 is 11.0 Å². The van der Waals surface area contributed by atoms with E-state index in [9.17, 15) is 29.7 Å². The Labute approximate surface area is 233 Å². The van der Waals surface area contributed by atoms with Crippen LogP contribution in [0.3, 0.4) is 0 Å². The lowest BCUT2D eigenvalue weighted by molar-refractivity contribution is -0.0549. The van der Waals surface area contributed by atoms with Crippen LogP contribution in [0.1, 0.15) is 98.1 Å². The molecule has 3 heterocycles. The second-order valence-corrected chi connectivity index (χ2v) is 9.92. The SMILES string of the molecule is CCCCCCCCCCCCOC(=O)c1ccncc1C(=O)Nc1ccn([C@@H]2O[C@H](CO)[C@@H](O)[C@@H]2O)c(=O)n1. The van der Waals surface area contributed by atoms with Gasteiger partial charge in [0.1, 0.15) is 24.1 Å². The molecule has 0 spiro atoms. The predicted octanol–water partition coefficient (Wildman–Crippen LogP) is 2.58. The lowest BCUT2D eigenvalue weighted by Crippen LogP contribution is -2.36. The van der Waals surface area contributed by atoms with Gasteiger partial charge in [0.25, 0.3) is 5.91 Å². The Kier molecular flexibility index (Phi) is 12.7. The molecule has 4 N–H and O–H groups in total. The highest BCUT2D eigenvalue weighted by molar-refractivity contribution is 6.10. The van der Waals surface area contributed by atoms with Crippen molar-refractivity contribution in [1.29, 1.82) is 0 Å². The number of aromatic nitrogens is 3. The maximum atomic E-state index is 12.9. The highest BCUT2D eigenvalue weighted by Crippen LogP contribution is 2.28. The van der Waals surface area contributed by atoms with Crippen LogP contribution >= 0.6 is 0 Å². The van der Waals surface area contributed by atoms with Crippen molar-refractivity contribution in [3.63, 3.8) is 0 Å². The molecule has 0 radical (unpaired) electrons. The summed E-state index contributed by atoms with van der Waals surface area (Å²) < 4.78 is 11.7. The van der Waals surface area contributed by atoms with Crippen LogP contribution in [0.5, 0.6) is 0 Å². The second-order valence-electron chi connectivity index (χ2n) is 9.92. The maximum absolute atomic E-state index is 12.9. The third-order valence-corrected chi connectivity index (χ3v) is 6.88. The number of rotatable bonds is 16. The summed E-state index contributed by atoms with van der Waals surface area (Å²) in [5.74, 6) is -1.46. The van der Waals surface area contributed by atoms with Crippen molar-refractivity contribution in [2.24, 2.45) is 0 Å². The summed E-state index contributed by atoms with van der Waals surface area (Å²) in [5, 5.41) is 31.8. The number of nitrogens with zero attached hydrogens (tertiary/aromatic N) is 3. The van der Waals surface area contributed by atoms with Gasteiger partial charge in [-0.25, -0.2) is 9.59 Å². The summed E-state index contributed by atoms with van der Waals surface area (Å²) in [6, 6.07) is 2.69. The quantitative estimate of drug-likeness (QED) is 0.176. The van der Waals surface area contributed by atoms with Crippen molar-refractivity contribution in [3.8, 4) is 0 Å². The van der Waals surface area contributed by atoms with Crippen molar-refractivity contribution in [2.45, 2.75) is 95.7 Å². The number of nitrogens with one attached hydrogen (secondary N) is 1. The zero-order chi connectivity index (χ0) is 28.9. The number of unbranched alkanes of at least 4 members (excludes halogenated alkanes) is 9. The van der Waals surface area contributed by atoms with E-state index < -0.39 is 48.7 Å². The molecule has 1 fully saturated rings. The van der Waals surface area contributed by atoms with Crippen molar-refractivity contribution in [1.82, 2.24) is 14.5 Å². The molecule has 1 aliphatic rings. The van der Waals surface area contributed by atoms with Gasteiger partial charge in [0, 0.05) is 18.6 Å². The van der Waals surface area contributed by atoms with Gasteiger partial charge in [-0.05, 0) is 18.6 Å². The third-order valence-electron chi connectivity index (χ3n) is 6.88. The standard InChI is InChI=1S/C28H40N4O8/c1-2-3-4-5-6-7-8-9-10-11-16-39-27(37)19-12-14-29-17-20(19)25(36)30-22-13-15-32(28(38)31-22)26-24(35)23(34)21(18-33)40-26/h12-15,17,21,23-24,26,33-35H,2-11,16,18H2,1H3,(H,30,31,36,38)/t21-,23-,24+,26-/m1/s1. The van der Waals surface area contributed by atoms with E-state index in [-0.39, 0.29) is 23.6 Å². The maximum Gasteiger partial charge on any atom is 0.351 e. The number of carbonyl (C=O) groups excluding carboxylic acids is 2. The van der Waals surface area contributed by atoms with Crippen LogP contribution in [0.2, 0.25) is 0 Å². The first-order chi connectivity index (χ1) is 19.4. The van der Waals surface area contributed by atoms with Crippen molar-refractivity contribution in [2.75, 3.05) is 18.5 Å². The molecule has 2 aromatic rings. The number of amides is 1. The Bertz CT molecular complexity index is 1160. The molecule has 0 bridgehead atoms. The van der Waals surface area contributed by atoms with Gasteiger partial charge in [-0.3, -0.25) is 14.3 Å². The van der Waals surface area contributed by atoms with Crippen molar-refractivity contribution >= 4 is 17.7 Å². The van der Waals surface area contributed by atoms with Crippen LogP contribution in [0.4, 0.5) is 5.82 Å². The minimum absolute atomic E-state index is 0.0370. The minimum atomic E-state index is -1.46. The molecule has 3 rings (SSSR count). The Balaban J connectivity index is 1.49. The topological polar surface area (TPSA) is 173 Å². The lowest BCUT2D eigenvalue weighted by atomic mass is 10.1. The van der Waals surface area contributed by atoms with Gasteiger partial charge < -0.3 is 30.1 Å². The predicted molar refractivity (Wildman–Crippen MR) is 146 cm³/mol. The summed E-state index contributed by atoms with van der Waals surface area (Å²) in [4.78, 5) is 45.8. The molecule has 0 unspecified atom stereocenters. The molecule has 2 aromatic heterocycles. The van der Waals surface area contributed by atoms with E-state index in [1.54, 1.807) is 0 Å². The first-order valence-electron chi connectivity index (χ1n) is 14.0. The monoisotopic (exact) mass is 560 g/mol. The number of aliphatic hydroxyl groups is 3. The van der Waals surface area contributed by atoms with Crippen LogP contribution in [-0.4, -0.2) is 73.3 Å². The Morgan fingerprint density at radius 2 is 1.68 bits per heavy atom. The largest absolute Gasteiger partial charge is 0.462 e. The molecule has 0 saturated carbocycles. The van der Waals surface area contributed by atoms with Crippen LogP contribution in [-0.2, 0) is 9.47 Å². The summed E-state index contributed by atoms with van der Waals surface area (Å²) in [6.45, 7) is 1.92. The molecule has 4 atom stereocenters. The van der Waals surface area contributed by atoms with Crippen LogP contribution in [0.25, 0.3) is 0 Å². The fourth-order valence-corrected chi connectivity index (χ4v) is 4.55. The molecule has 0 aliphatic carbocycles. The smallest absolute Gasteiger partial charge is 0.351 e. The molecule has 0 aromatic carbocycles. The van der Waals surface area contributed by atoms with E-state index in [0.717, 1.165) is 23.8 Å². The van der Waals surface area contributed by atoms with Gasteiger partial charge in [-0.2, -0.15) is 4.98 Å². The molecule has 12 nitrogen and oxygen atoms in total. The van der Waals surface area contributed by atoms with Gasteiger partial charge in [-0.1, -0.05) is 64.7 Å². The van der Waals surface area contributed by atoms with Crippen LogP contribution in [0.15, 0.2) is 35.5 Å². The Morgan fingerprint density at radius 1 is 1.00 bits per heavy atom. The van der Waals surface area contributed by atoms with Gasteiger partial charge >= 0.3 is 11.7 Å². The van der Waals surface area contributed by atoms with Gasteiger partial charge in [-0.15, -0.1) is 0 Å². The first kappa shape index (κ1) is 31.3. The fourth-order valence-electron chi connectivity index (χ4n) is 4.55. The molecule has 1 saturated heterocycles. The number of aliphatic hydroxyl groups excluding tert-OH is 3. The molecule has 1 amide bonds. The molecule has 220 valence electrons.